The highest BCUT2D eigenvalue weighted by molar-refractivity contribution is 5.62. The number of benzene rings is 1. The predicted octanol–water partition coefficient (Wildman–Crippen LogP) is 2.46. The number of fused-ring (bicyclic) bond motifs is 1. The van der Waals surface area contributed by atoms with Gasteiger partial charge < -0.3 is 14.8 Å². The molecule has 2 heterocycles. The van der Waals surface area contributed by atoms with Gasteiger partial charge in [0.1, 0.15) is 12.0 Å². The lowest BCUT2D eigenvalue weighted by molar-refractivity contribution is -0.385. The molecule has 1 aliphatic rings. The molecule has 0 atom stereocenters. The summed E-state index contributed by atoms with van der Waals surface area (Å²) in [6, 6.07) is 8.32. The molecular weight excluding hydrogens is 250 g/mol. The Morgan fingerprint density at radius 3 is 2.79 bits per heavy atom. The van der Waals surface area contributed by atoms with E-state index in [-0.39, 0.29) is 12.5 Å². The molecule has 1 aliphatic heterocycles. The molecular formula is C12H9N3O4. The number of aromatic nitrogens is 1. The summed E-state index contributed by atoms with van der Waals surface area (Å²) < 4.78 is 10.5. The van der Waals surface area contributed by atoms with E-state index in [9.17, 15) is 10.1 Å². The average Bonchev–Trinajstić information content (AvgIpc) is 2.87. The molecule has 0 saturated carbocycles. The minimum Gasteiger partial charge on any atom is -0.454 e. The van der Waals surface area contributed by atoms with Crippen LogP contribution in [0.2, 0.25) is 0 Å². The molecule has 1 aromatic heterocycles. The van der Waals surface area contributed by atoms with Crippen LogP contribution in [-0.4, -0.2) is 16.7 Å². The van der Waals surface area contributed by atoms with Gasteiger partial charge in [0.2, 0.25) is 6.79 Å². The number of nitrogens with zero attached hydrogens (tertiary/aromatic N) is 2. The summed E-state index contributed by atoms with van der Waals surface area (Å²) in [7, 11) is 0. The van der Waals surface area contributed by atoms with E-state index in [4.69, 9.17) is 9.47 Å². The molecule has 7 nitrogen and oxygen atoms in total. The number of pyridine rings is 1. The van der Waals surface area contributed by atoms with E-state index in [0.29, 0.717) is 17.3 Å². The summed E-state index contributed by atoms with van der Waals surface area (Å²) in [4.78, 5) is 14.0. The first-order valence-electron chi connectivity index (χ1n) is 5.49. The van der Waals surface area contributed by atoms with Gasteiger partial charge in [-0.15, -0.1) is 0 Å². The Morgan fingerprint density at radius 1 is 1.21 bits per heavy atom. The molecule has 1 N–H and O–H groups in total. The van der Waals surface area contributed by atoms with Crippen molar-refractivity contribution in [3.63, 3.8) is 0 Å². The van der Waals surface area contributed by atoms with Crippen LogP contribution in [0.4, 0.5) is 17.2 Å². The average molecular weight is 259 g/mol. The Kier molecular flexibility index (Phi) is 2.64. The van der Waals surface area contributed by atoms with Crippen LogP contribution >= 0.6 is 0 Å². The van der Waals surface area contributed by atoms with Gasteiger partial charge in [0.25, 0.3) is 5.69 Å². The normalized spacial score (nSPS) is 12.2. The van der Waals surface area contributed by atoms with Gasteiger partial charge in [0.15, 0.2) is 11.5 Å². The zero-order valence-electron chi connectivity index (χ0n) is 9.70. The lowest BCUT2D eigenvalue weighted by atomic mass is 10.2. The molecule has 0 unspecified atom stereocenters. The molecule has 96 valence electrons. The van der Waals surface area contributed by atoms with Crippen LogP contribution in [0.1, 0.15) is 0 Å². The molecule has 2 aromatic rings. The maximum atomic E-state index is 10.5. The molecule has 3 rings (SSSR count). The summed E-state index contributed by atoms with van der Waals surface area (Å²) in [5.41, 5.74) is 0.724. The summed E-state index contributed by atoms with van der Waals surface area (Å²) in [6.45, 7) is 0.217. The Morgan fingerprint density at radius 2 is 2.05 bits per heavy atom. The van der Waals surface area contributed by atoms with Gasteiger partial charge in [-0.1, -0.05) is 0 Å². The molecule has 0 aliphatic carbocycles. The highest BCUT2D eigenvalue weighted by Gasteiger charge is 2.13. The van der Waals surface area contributed by atoms with Gasteiger partial charge in [-0.3, -0.25) is 10.1 Å². The molecule has 0 bridgehead atoms. The van der Waals surface area contributed by atoms with Crippen LogP contribution in [0, 0.1) is 10.1 Å². The summed E-state index contributed by atoms with van der Waals surface area (Å²) >= 11 is 0. The Labute approximate surface area is 107 Å². The molecule has 7 heteroatoms. The lowest BCUT2D eigenvalue weighted by Gasteiger charge is -2.05. The Bertz CT molecular complexity index is 627. The van der Waals surface area contributed by atoms with E-state index in [0.717, 1.165) is 5.69 Å². The highest BCUT2D eigenvalue weighted by atomic mass is 16.7. The lowest BCUT2D eigenvalue weighted by Crippen LogP contribution is -1.95. The van der Waals surface area contributed by atoms with Crippen LogP contribution < -0.4 is 14.8 Å². The van der Waals surface area contributed by atoms with Gasteiger partial charge in [-0.05, 0) is 18.2 Å². The SMILES string of the molecule is O=[N+]([O-])c1ccc(Nc2ccc3c(c2)OCO3)nc1. The molecule has 0 amide bonds. The fourth-order valence-corrected chi connectivity index (χ4v) is 1.69. The zero-order chi connectivity index (χ0) is 13.2. The second kappa shape index (κ2) is 4.45. The number of anilines is 2. The Hall–Kier alpha value is -2.83. The highest BCUT2D eigenvalue weighted by Crippen LogP contribution is 2.34. The van der Waals surface area contributed by atoms with E-state index in [1.165, 1.54) is 12.3 Å². The third-order valence-electron chi connectivity index (χ3n) is 2.60. The quantitative estimate of drug-likeness (QED) is 0.673. The number of rotatable bonds is 3. The van der Waals surface area contributed by atoms with Crippen molar-refractivity contribution < 1.29 is 14.4 Å². The van der Waals surface area contributed by atoms with E-state index in [2.05, 4.69) is 10.3 Å². The van der Waals surface area contributed by atoms with Gasteiger partial charge in [-0.25, -0.2) is 4.98 Å². The number of nitrogens with one attached hydrogen (secondary N) is 1. The van der Waals surface area contributed by atoms with Crippen molar-refractivity contribution in [1.29, 1.82) is 0 Å². The molecule has 0 spiro atoms. The molecule has 19 heavy (non-hydrogen) atoms. The minimum atomic E-state index is -0.489. The molecule has 0 saturated heterocycles. The third kappa shape index (κ3) is 2.25. The standard InChI is InChI=1S/C12H9N3O4/c16-15(17)9-2-4-12(13-6-9)14-8-1-3-10-11(5-8)19-7-18-10/h1-6H,7H2,(H,13,14). The van der Waals surface area contributed by atoms with Crippen molar-refractivity contribution in [2.75, 3.05) is 12.1 Å². The van der Waals surface area contributed by atoms with Crippen LogP contribution in [-0.2, 0) is 0 Å². The van der Waals surface area contributed by atoms with Gasteiger partial charge >= 0.3 is 0 Å². The van der Waals surface area contributed by atoms with Crippen LogP contribution in [0.5, 0.6) is 11.5 Å². The van der Waals surface area contributed by atoms with Crippen molar-refractivity contribution >= 4 is 17.2 Å². The van der Waals surface area contributed by atoms with Gasteiger partial charge in [0, 0.05) is 17.8 Å². The first-order chi connectivity index (χ1) is 9.22. The van der Waals surface area contributed by atoms with Gasteiger partial charge in [0.05, 0.1) is 4.92 Å². The van der Waals surface area contributed by atoms with Crippen molar-refractivity contribution in [2.24, 2.45) is 0 Å². The summed E-state index contributed by atoms with van der Waals surface area (Å²) in [5.74, 6) is 1.87. The third-order valence-corrected chi connectivity index (χ3v) is 2.60. The smallest absolute Gasteiger partial charge is 0.287 e. The molecule has 1 aromatic carbocycles. The number of hydrogen-bond acceptors (Lipinski definition) is 6. The summed E-state index contributed by atoms with van der Waals surface area (Å²) in [6.07, 6.45) is 1.20. The van der Waals surface area contributed by atoms with E-state index in [1.807, 2.05) is 6.07 Å². The zero-order valence-corrected chi connectivity index (χ0v) is 9.70. The first kappa shape index (κ1) is 11.3. The number of hydrogen-bond donors (Lipinski definition) is 1. The fraction of sp³-hybridized carbons (Fsp3) is 0.0833. The van der Waals surface area contributed by atoms with Crippen LogP contribution in [0.25, 0.3) is 0 Å². The van der Waals surface area contributed by atoms with Crippen LogP contribution in [0.3, 0.4) is 0 Å². The second-order valence-electron chi connectivity index (χ2n) is 3.85. The monoisotopic (exact) mass is 259 g/mol. The van der Waals surface area contributed by atoms with E-state index < -0.39 is 4.92 Å². The number of ether oxygens (including phenoxy) is 2. The van der Waals surface area contributed by atoms with E-state index >= 15 is 0 Å². The Balaban J connectivity index is 1.79. The summed E-state index contributed by atoms with van der Waals surface area (Å²) in [5, 5.41) is 13.5. The maximum absolute atomic E-state index is 10.5. The first-order valence-corrected chi connectivity index (χ1v) is 5.49. The second-order valence-corrected chi connectivity index (χ2v) is 3.85. The largest absolute Gasteiger partial charge is 0.454 e. The van der Waals surface area contributed by atoms with Crippen molar-refractivity contribution in [3.8, 4) is 11.5 Å². The maximum Gasteiger partial charge on any atom is 0.287 e. The van der Waals surface area contributed by atoms with Crippen molar-refractivity contribution in [2.45, 2.75) is 0 Å². The van der Waals surface area contributed by atoms with Crippen molar-refractivity contribution in [1.82, 2.24) is 4.98 Å². The van der Waals surface area contributed by atoms with Crippen LogP contribution in [0.15, 0.2) is 36.5 Å². The predicted molar refractivity (Wildman–Crippen MR) is 66.7 cm³/mol. The topological polar surface area (TPSA) is 86.5 Å². The fourth-order valence-electron chi connectivity index (χ4n) is 1.69. The minimum absolute atomic E-state index is 0.0452. The van der Waals surface area contributed by atoms with Crippen molar-refractivity contribution in [3.05, 3.63) is 46.6 Å². The van der Waals surface area contributed by atoms with Gasteiger partial charge in [-0.2, -0.15) is 0 Å². The molecule has 0 radical (unpaired) electrons. The molecule has 0 fully saturated rings. The van der Waals surface area contributed by atoms with E-state index in [1.54, 1.807) is 18.2 Å². The number of nitro groups is 1.